The van der Waals surface area contributed by atoms with E-state index in [2.05, 4.69) is 20.9 Å². The fourth-order valence-electron chi connectivity index (χ4n) is 4.15. The Morgan fingerprint density at radius 2 is 1.97 bits per heavy atom. The summed E-state index contributed by atoms with van der Waals surface area (Å²) in [5.74, 6) is -1.07. The summed E-state index contributed by atoms with van der Waals surface area (Å²) in [6.45, 7) is 3.54. The number of carbonyl (C=O) groups excluding carboxylic acids is 3. The lowest BCUT2D eigenvalue weighted by molar-refractivity contribution is -0.384. The summed E-state index contributed by atoms with van der Waals surface area (Å²) in [4.78, 5) is 47.5. The van der Waals surface area contributed by atoms with E-state index in [0.29, 0.717) is 29.9 Å². The molecule has 1 aliphatic rings. The van der Waals surface area contributed by atoms with Gasteiger partial charge in [-0.15, -0.1) is 5.10 Å². The number of nitrogens with zero attached hydrogens (tertiary/aromatic N) is 4. The molecule has 1 atom stereocenters. The lowest BCUT2D eigenvalue weighted by atomic mass is 9.72. The summed E-state index contributed by atoms with van der Waals surface area (Å²) in [5.41, 5.74) is 1.29. The largest absolute Gasteiger partial charge is 0.321 e. The van der Waals surface area contributed by atoms with Gasteiger partial charge in [0, 0.05) is 24.2 Å². The first-order valence-corrected chi connectivity index (χ1v) is 10.7. The molecule has 1 unspecified atom stereocenters. The van der Waals surface area contributed by atoms with Crippen molar-refractivity contribution < 1.29 is 19.3 Å². The molecule has 0 aliphatic carbocycles. The molecule has 4 rings (SSSR count). The quantitative estimate of drug-likeness (QED) is 0.325. The first-order chi connectivity index (χ1) is 16.2. The maximum atomic E-state index is 12.8. The Hall–Kier alpha value is -4.41. The van der Waals surface area contributed by atoms with Gasteiger partial charge in [0.1, 0.15) is 0 Å². The lowest BCUT2D eigenvalue weighted by Crippen LogP contribution is -2.51. The number of non-ortho nitro benzene ring substituents is 1. The summed E-state index contributed by atoms with van der Waals surface area (Å²) in [6, 6.07) is 12.8. The highest BCUT2D eigenvalue weighted by molar-refractivity contribution is 6.04. The standard InChI is InChI=1S/C23H22N6O5/c1-3-23(12-11-19(30)25-22(23)32)15-7-9-16(10-8-15)24-21(31)20-14(2)28(27-26-20)17-5-4-6-18(13-17)29(33)34/h4-10,13H,3,11-12H2,1-2H3,(H,24,31)(H,25,30,32). The molecule has 11 nitrogen and oxygen atoms in total. The first kappa shape index (κ1) is 22.8. The molecule has 3 amide bonds. The predicted molar refractivity (Wildman–Crippen MR) is 121 cm³/mol. The van der Waals surface area contributed by atoms with Crippen LogP contribution < -0.4 is 10.6 Å². The van der Waals surface area contributed by atoms with E-state index in [1.807, 2.05) is 6.92 Å². The molecular weight excluding hydrogens is 440 g/mol. The van der Waals surface area contributed by atoms with Gasteiger partial charge in [-0.25, -0.2) is 4.68 Å². The van der Waals surface area contributed by atoms with Gasteiger partial charge in [0.2, 0.25) is 11.8 Å². The third-order valence-corrected chi connectivity index (χ3v) is 6.16. The number of imide groups is 1. The van der Waals surface area contributed by atoms with Gasteiger partial charge >= 0.3 is 0 Å². The Morgan fingerprint density at radius 1 is 1.24 bits per heavy atom. The van der Waals surface area contributed by atoms with Crippen molar-refractivity contribution in [3.8, 4) is 5.69 Å². The van der Waals surface area contributed by atoms with E-state index in [-0.39, 0.29) is 29.6 Å². The number of piperidine rings is 1. The molecule has 0 saturated carbocycles. The van der Waals surface area contributed by atoms with Crippen LogP contribution in [0.5, 0.6) is 0 Å². The molecule has 0 radical (unpaired) electrons. The molecule has 1 aromatic heterocycles. The summed E-state index contributed by atoms with van der Waals surface area (Å²) in [6.07, 6.45) is 1.25. The predicted octanol–water partition coefficient (Wildman–Crippen LogP) is 2.82. The molecular formula is C23H22N6O5. The number of anilines is 1. The van der Waals surface area contributed by atoms with Crippen molar-refractivity contribution in [3.63, 3.8) is 0 Å². The zero-order valence-electron chi connectivity index (χ0n) is 18.6. The molecule has 3 aromatic rings. The van der Waals surface area contributed by atoms with Gasteiger partial charge in [-0.05, 0) is 43.5 Å². The van der Waals surface area contributed by atoms with E-state index < -0.39 is 16.2 Å². The van der Waals surface area contributed by atoms with Crippen LogP contribution in [0, 0.1) is 17.0 Å². The third kappa shape index (κ3) is 4.03. The SMILES string of the molecule is CCC1(c2ccc(NC(=O)c3nnn(-c4cccc([N+](=O)[O-])c4)c3C)cc2)CCC(=O)NC1=O. The maximum absolute atomic E-state index is 12.8. The van der Waals surface area contributed by atoms with Crippen LogP contribution in [0.2, 0.25) is 0 Å². The van der Waals surface area contributed by atoms with Crippen LogP contribution in [0.25, 0.3) is 5.69 Å². The van der Waals surface area contributed by atoms with Gasteiger partial charge < -0.3 is 5.32 Å². The summed E-state index contributed by atoms with van der Waals surface area (Å²) in [7, 11) is 0. The van der Waals surface area contributed by atoms with Crippen LogP contribution in [0.15, 0.2) is 48.5 Å². The highest BCUT2D eigenvalue weighted by Gasteiger charge is 2.42. The second-order valence-corrected chi connectivity index (χ2v) is 8.06. The number of rotatable bonds is 6. The molecule has 174 valence electrons. The minimum Gasteiger partial charge on any atom is -0.321 e. The third-order valence-electron chi connectivity index (χ3n) is 6.16. The summed E-state index contributed by atoms with van der Waals surface area (Å²) >= 11 is 0. The second kappa shape index (κ2) is 8.85. The number of carbonyl (C=O) groups is 3. The highest BCUT2D eigenvalue weighted by atomic mass is 16.6. The van der Waals surface area contributed by atoms with E-state index >= 15 is 0 Å². The van der Waals surface area contributed by atoms with Crippen molar-refractivity contribution in [2.75, 3.05) is 5.32 Å². The van der Waals surface area contributed by atoms with Crippen molar-refractivity contribution in [2.45, 2.75) is 38.5 Å². The fraction of sp³-hybridized carbons (Fsp3) is 0.261. The average molecular weight is 462 g/mol. The highest BCUT2D eigenvalue weighted by Crippen LogP contribution is 2.36. The van der Waals surface area contributed by atoms with Gasteiger partial charge in [-0.3, -0.25) is 29.8 Å². The van der Waals surface area contributed by atoms with Gasteiger partial charge in [-0.1, -0.05) is 30.3 Å². The van der Waals surface area contributed by atoms with Gasteiger partial charge in [0.25, 0.3) is 11.6 Å². The van der Waals surface area contributed by atoms with Crippen molar-refractivity contribution in [1.82, 2.24) is 20.3 Å². The number of hydrogen-bond acceptors (Lipinski definition) is 7. The number of hydrogen-bond donors (Lipinski definition) is 2. The molecule has 2 aromatic carbocycles. The van der Waals surface area contributed by atoms with Gasteiger partial charge in [0.15, 0.2) is 5.69 Å². The van der Waals surface area contributed by atoms with E-state index in [4.69, 9.17) is 0 Å². The first-order valence-electron chi connectivity index (χ1n) is 10.7. The topological polar surface area (TPSA) is 149 Å². The van der Waals surface area contributed by atoms with Gasteiger partial charge in [0.05, 0.1) is 21.7 Å². The van der Waals surface area contributed by atoms with E-state index in [1.165, 1.54) is 22.9 Å². The molecule has 0 bridgehead atoms. The van der Waals surface area contributed by atoms with Crippen molar-refractivity contribution >= 4 is 29.1 Å². The van der Waals surface area contributed by atoms with Crippen LogP contribution >= 0.6 is 0 Å². The minimum absolute atomic E-state index is 0.0748. The van der Waals surface area contributed by atoms with Gasteiger partial charge in [-0.2, -0.15) is 0 Å². The minimum atomic E-state index is -0.784. The fourth-order valence-corrected chi connectivity index (χ4v) is 4.15. The summed E-state index contributed by atoms with van der Waals surface area (Å²) < 4.78 is 1.36. The Labute approximate surface area is 194 Å². The lowest BCUT2D eigenvalue weighted by Gasteiger charge is -2.35. The molecule has 2 N–H and O–H groups in total. The monoisotopic (exact) mass is 462 g/mol. The molecule has 1 fully saturated rings. The second-order valence-electron chi connectivity index (χ2n) is 8.06. The number of benzene rings is 2. The number of aromatic nitrogens is 3. The Morgan fingerprint density at radius 3 is 2.62 bits per heavy atom. The normalized spacial score (nSPS) is 17.8. The Balaban J connectivity index is 1.53. The number of amides is 3. The zero-order chi connectivity index (χ0) is 24.5. The van der Waals surface area contributed by atoms with Crippen LogP contribution in [0.3, 0.4) is 0 Å². The van der Waals surface area contributed by atoms with Crippen LogP contribution in [0.1, 0.15) is 47.9 Å². The Bertz CT molecular complexity index is 1300. The Kier molecular flexibility index (Phi) is 5.93. The van der Waals surface area contributed by atoms with Crippen LogP contribution in [-0.4, -0.2) is 37.6 Å². The summed E-state index contributed by atoms with van der Waals surface area (Å²) in [5, 5.41) is 24.1. The van der Waals surface area contributed by atoms with Crippen molar-refractivity contribution in [3.05, 3.63) is 75.6 Å². The maximum Gasteiger partial charge on any atom is 0.278 e. The van der Waals surface area contributed by atoms with Crippen molar-refractivity contribution in [2.24, 2.45) is 0 Å². The van der Waals surface area contributed by atoms with Crippen LogP contribution in [-0.2, 0) is 15.0 Å². The van der Waals surface area contributed by atoms with E-state index in [1.54, 1.807) is 37.3 Å². The average Bonchev–Trinajstić information content (AvgIpc) is 3.21. The molecule has 1 saturated heterocycles. The molecule has 11 heteroatoms. The molecule has 2 heterocycles. The van der Waals surface area contributed by atoms with E-state index in [9.17, 15) is 24.5 Å². The number of nitro groups is 1. The molecule has 34 heavy (non-hydrogen) atoms. The number of nitrogens with one attached hydrogen (secondary N) is 2. The van der Waals surface area contributed by atoms with Crippen LogP contribution in [0.4, 0.5) is 11.4 Å². The molecule has 0 spiro atoms. The number of nitro benzene ring substituents is 1. The zero-order valence-corrected chi connectivity index (χ0v) is 18.6. The smallest absolute Gasteiger partial charge is 0.278 e. The molecule has 1 aliphatic heterocycles. The van der Waals surface area contributed by atoms with Crippen molar-refractivity contribution in [1.29, 1.82) is 0 Å². The van der Waals surface area contributed by atoms with E-state index in [0.717, 1.165) is 5.56 Å².